The molecule has 0 saturated heterocycles. The number of nitro benzene ring substituents is 1. The Morgan fingerprint density at radius 1 is 1.07 bits per heavy atom. The number of ether oxygens (including phenoxy) is 5. The smallest absolute Gasteiger partial charge is 0.338 e. The molecule has 0 aliphatic carbocycles. The van der Waals surface area contributed by atoms with E-state index in [1.807, 2.05) is 0 Å². The fraction of sp³-hybridized carbons (Fsp3) is 0.308. The largest absolute Gasteiger partial charge is 0.496 e. The van der Waals surface area contributed by atoms with Crippen molar-refractivity contribution in [3.63, 3.8) is 0 Å². The molecule has 0 bridgehead atoms. The number of benzene rings is 2. The van der Waals surface area contributed by atoms with Crippen molar-refractivity contribution in [2.75, 3.05) is 34.5 Å². The van der Waals surface area contributed by atoms with E-state index in [0.717, 1.165) is 0 Å². The highest BCUT2D eigenvalue weighted by Gasteiger charge is 2.32. The number of hydrogen-bond donors (Lipinski definition) is 3. The average molecular weight is 572 g/mol. The lowest BCUT2D eigenvalue weighted by atomic mass is 9.95. The standard InChI is InChI=1S/C26H29N5O10/c1-6-40-25(33)23-14(2)28-26(34)29-24(23)15-7-8-18(21(10-15)39-5)41-13-22(32)30-27-12-16-9-17(31(35)36)20(38-4)11-19(16)37-3/h7-12,24H,6,13H2,1-5H3,(H,30,32)(H2,28,29,34)/b27-12-/t24-/m1/s1. The van der Waals surface area contributed by atoms with Crippen LogP contribution >= 0.6 is 0 Å². The number of urea groups is 1. The topological polar surface area (TPSA) is 189 Å². The van der Waals surface area contributed by atoms with E-state index in [2.05, 4.69) is 21.2 Å². The van der Waals surface area contributed by atoms with Gasteiger partial charge in [-0.2, -0.15) is 5.10 Å². The normalized spacial score (nSPS) is 14.6. The molecule has 2 aromatic carbocycles. The maximum absolute atomic E-state index is 12.6. The number of nitro groups is 1. The highest BCUT2D eigenvalue weighted by Crippen LogP contribution is 2.35. The third-order valence-corrected chi connectivity index (χ3v) is 5.77. The van der Waals surface area contributed by atoms with Crippen molar-refractivity contribution >= 4 is 29.8 Å². The Morgan fingerprint density at radius 3 is 2.41 bits per heavy atom. The molecule has 0 spiro atoms. The molecule has 1 aliphatic rings. The summed E-state index contributed by atoms with van der Waals surface area (Å²) in [6.07, 6.45) is 1.18. The van der Waals surface area contributed by atoms with Gasteiger partial charge >= 0.3 is 17.7 Å². The second kappa shape index (κ2) is 13.6. The SMILES string of the molecule is CCOC(=O)C1=C(C)NC(=O)N[C@@H]1c1ccc(OCC(=O)N/N=C\c2cc([N+](=O)[O-])c(OC)cc2OC)c(OC)c1. The Hall–Kier alpha value is -5.34. The Morgan fingerprint density at radius 2 is 1.78 bits per heavy atom. The maximum atomic E-state index is 12.6. The highest BCUT2D eigenvalue weighted by molar-refractivity contribution is 5.95. The first-order valence-corrected chi connectivity index (χ1v) is 12.1. The van der Waals surface area contributed by atoms with Gasteiger partial charge in [-0.05, 0) is 31.5 Å². The van der Waals surface area contributed by atoms with Crippen LogP contribution < -0.4 is 35.0 Å². The van der Waals surface area contributed by atoms with Crippen LogP contribution in [0.2, 0.25) is 0 Å². The molecule has 0 aromatic heterocycles. The minimum absolute atomic E-state index is 0.00667. The van der Waals surface area contributed by atoms with Crippen molar-refractivity contribution in [2.45, 2.75) is 19.9 Å². The van der Waals surface area contributed by atoms with Crippen molar-refractivity contribution in [3.8, 4) is 23.0 Å². The first-order valence-electron chi connectivity index (χ1n) is 12.1. The van der Waals surface area contributed by atoms with Crippen LogP contribution in [0.4, 0.5) is 10.5 Å². The van der Waals surface area contributed by atoms with Gasteiger partial charge < -0.3 is 34.3 Å². The Balaban J connectivity index is 1.71. The van der Waals surface area contributed by atoms with Gasteiger partial charge in [0.2, 0.25) is 5.75 Å². The summed E-state index contributed by atoms with van der Waals surface area (Å²) >= 11 is 0. The van der Waals surface area contributed by atoms with Gasteiger partial charge in [0.25, 0.3) is 5.91 Å². The molecule has 41 heavy (non-hydrogen) atoms. The van der Waals surface area contributed by atoms with Gasteiger partial charge in [-0.25, -0.2) is 15.0 Å². The van der Waals surface area contributed by atoms with Crippen LogP contribution in [-0.2, 0) is 14.3 Å². The second-order valence-corrected chi connectivity index (χ2v) is 8.31. The minimum atomic E-state index is -0.811. The van der Waals surface area contributed by atoms with Crippen LogP contribution in [0.1, 0.15) is 31.0 Å². The number of nitrogens with one attached hydrogen (secondary N) is 3. The minimum Gasteiger partial charge on any atom is -0.496 e. The van der Waals surface area contributed by atoms with E-state index in [1.165, 1.54) is 45.7 Å². The molecule has 15 nitrogen and oxygen atoms in total. The lowest BCUT2D eigenvalue weighted by molar-refractivity contribution is -0.385. The Bertz CT molecular complexity index is 1410. The van der Waals surface area contributed by atoms with Gasteiger partial charge in [-0.3, -0.25) is 14.9 Å². The number of hydrazone groups is 1. The molecule has 0 unspecified atom stereocenters. The van der Waals surface area contributed by atoms with Crippen LogP contribution in [-0.4, -0.2) is 63.6 Å². The summed E-state index contributed by atoms with van der Waals surface area (Å²) in [5.74, 6) is -0.520. The molecule has 1 heterocycles. The van der Waals surface area contributed by atoms with Gasteiger partial charge in [0.1, 0.15) is 5.75 Å². The number of amides is 3. The van der Waals surface area contributed by atoms with Crippen molar-refractivity contribution < 1.29 is 43.0 Å². The van der Waals surface area contributed by atoms with Crippen LogP contribution in [0.3, 0.4) is 0 Å². The third kappa shape index (κ3) is 7.20. The number of esters is 1. The van der Waals surface area contributed by atoms with Gasteiger partial charge in [0.15, 0.2) is 18.1 Å². The summed E-state index contributed by atoms with van der Waals surface area (Å²) in [6, 6.07) is 5.94. The van der Waals surface area contributed by atoms with Crippen molar-refractivity contribution in [3.05, 3.63) is 62.8 Å². The molecule has 0 saturated carbocycles. The van der Waals surface area contributed by atoms with Gasteiger partial charge in [0, 0.05) is 23.4 Å². The molecule has 3 amide bonds. The molecule has 218 valence electrons. The Labute approximate surface area is 234 Å². The number of carbonyl (C=O) groups excluding carboxylic acids is 3. The summed E-state index contributed by atoms with van der Waals surface area (Å²) in [7, 11) is 4.06. The van der Waals surface area contributed by atoms with Gasteiger partial charge in [-0.1, -0.05) is 6.07 Å². The lowest BCUT2D eigenvalue weighted by Gasteiger charge is -2.28. The Kier molecular flexibility index (Phi) is 10.0. The molecule has 1 atom stereocenters. The molecule has 15 heteroatoms. The van der Waals surface area contributed by atoms with E-state index >= 15 is 0 Å². The van der Waals surface area contributed by atoms with E-state index < -0.39 is 35.5 Å². The van der Waals surface area contributed by atoms with E-state index in [0.29, 0.717) is 11.3 Å². The molecular formula is C26H29N5O10. The third-order valence-electron chi connectivity index (χ3n) is 5.77. The summed E-state index contributed by atoms with van der Waals surface area (Å²) in [5.41, 5.74) is 3.30. The lowest BCUT2D eigenvalue weighted by Crippen LogP contribution is -2.45. The fourth-order valence-corrected chi connectivity index (χ4v) is 3.91. The van der Waals surface area contributed by atoms with Gasteiger partial charge in [-0.15, -0.1) is 0 Å². The molecule has 3 rings (SSSR count). The average Bonchev–Trinajstić information content (AvgIpc) is 2.95. The predicted molar refractivity (Wildman–Crippen MR) is 144 cm³/mol. The van der Waals surface area contributed by atoms with Crippen LogP contribution in [0.5, 0.6) is 23.0 Å². The first-order chi connectivity index (χ1) is 19.6. The van der Waals surface area contributed by atoms with E-state index in [9.17, 15) is 24.5 Å². The zero-order valence-corrected chi connectivity index (χ0v) is 22.9. The monoisotopic (exact) mass is 571 g/mol. The fourth-order valence-electron chi connectivity index (χ4n) is 3.91. The molecule has 2 aromatic rings. The predicted octanol–water partition coefficient (Wildman–Crippen LogP) is 2.34. The maximum Gasteiger partial charge on any atom is 0.338 e. The summed E-state index contributed by atoms with van der Waals surface area (Å²) in [6.45, 7) is 2.98. The molecular weight excluding hydrogens is 542 g/mol. The summed E-state index contributed by atoms with van der Waals surface area (Å²) in [4.78, 5) is 47.7. The van der Waals surface area contributed by atoms with Crippen LogP contribution in [0.15, 0.2) is 46.7 Å². The molecule has 0 radical (unpaired) electrons. The van der Waals surface area contributed by atoms with Crippen molar-refractivity contribution in [1.82, 2.24) is 16.1 Å². The summed E-state index contributed by atoms with van der Waals surface area (Å²) < 4.78 is 26.3. The number of methoxy groups -OCH3 is 3. The highest BCUT2D eigenvalue weighted by atomic mass is 16.6. The van der Waals surface area contributed by atoms with Crippen LogP contribution in [0, 0.1) is 10.1 Å². The molecule has 0 fully saturated rings. The second-order valence-electron chi connectivity index (χ2n) is 8.31. The number of carbonyl (C=O) groups is 3. The van der Waals surface area contributed by atoms with Crippen molar-refractivity contribution in [1.29, 1.82) is 0 Å². The van der Waals surface area contributed by atoms with Crippen LogP contribution in [0.25, 0.3) is 0 Å². The molecule has 1 aliphatic heterocycles. The van der Waals surface area contributed by atoms with E-state index in [4.69, 9.17) is 23.7 Å². The van der Waals surface area contributed by atoms with Crippen molar-refractivity contribution in [2.24, 2.45) is 5.10 Å². The van der Waals surface area contributed by atoms with E-state index in [1.54, 1.807) is 26.0 Å². The summed E-state index contributed by atoms with van der Waals surface area (Å²) in [5, 5.41) is 20.4. The quantitative estimate of drug-likeness (QED) is 0.148. The zero-order valence-electron chi connectivity index (χ0n) is 22.9. The molecule has 3 N–H and O–H groups in total. The number of hydrogen-bond acceptors (Lipinski definition) is 11. The van der Waals surface area contributed by atoms with Gasteiger partial charge in [0.05, 0.1) is 50.7 Å². The number of rotatable bonds is 12. The number of nitrogens with zero attached hydrogens (tertiary/aromatic N) is 2. The number of allylic oxidation sites excluding steroid dienone is 1. The first kappa shape index (κ1) is 30.2. The van der Waals surface area contributed by atoms with E-state index in [-0.39, 0.29) is 46.4 Å². The zero-order chi connectivity index (χ0) is 30.1.